The minimum absolute atomic E-state index is 0.0931. The number of carbonyl (C=O) groups excluding carboxylic acids is 2. The molecule has 6 heteroatoms. The summed E-state index contributed by atoms with van der Waals surface area (Å²) in [4.78, 5) is 29.3. The number of likely N-dealkylation sites (tertiary alicyclic amines) is 1. The van der Waals surface area contributed by atoms with E-state index in [-0.39, 0.29) is 23.8 Å². The Morgan fingerprint density at radius 3 is 2.84 bits per heavy atom. The monoisotopic (exact) mass is 338 g/mol. The van der Waals surface area contributed by atoms with E-state index in [1.165, 1.54) is 0 Å². The number of anilines is 1. The number of carbonyl (C=O) groups is 2. The molecule has 2 aliphatic rings. The molecule has 1 aromatic carbocycles. The highest BCUT2D eigenvalue weighted by atomic mass is 16.2. The van der Waals surface area contributed by atoms with E-state index in [9.17, 15) is 9.59 Å². The number of aromatic amines is 1. The molecule has 6 nitrogen and oxygen atoms in total. The van der Waals surface area contributed by atoms with Gasteiger partial charge in [0.15, 0.2) is 0 Å². The van der Waals surface area contributed by atoms with E-state index < -0.39 is 0 Å². The molecule has 0 unspecified atom stereocenters. The highest BCUT2D eigenvalue weighted by molar-refractivity contribution is 5.97. The summed E-state index contributed by atoms with van der Waals surface area (Å²) in [5.41, 5.74) is 2.93. The van der Waals surface area contributed by atoms with Crippen molar-refractivity contribution in [2.75, 3.05) is 18.5 Å². The lowest BCUT2D eigenvalue weighted by Crippen LogP contribution is -2.48. The van der Waals surface area contributed by atoms with Crippen molar-refractivity contribution in [3.63, 3.8) is 0 Å². The summed E-state index contributed by atoms with van der Waals surface area (Å²) in [5, 5.41) is 7.10. The number of hydrogen-bond donors (Lipinski definition) is 1. The number of hydrogen-bond acceptors (Lipinski definition) is 3. The van der Waals surface area contributed by atoms with Crippen molar-refractivity contribution in [3.8, 4) is 0 Å². The summed E-state index contributed by atoms with van der Waals surface area (Å²) in [6, 6.07) is 9.65. The Morgan fingerprint density at radius 2 is 2.04 bits per heavy atom. The summed E-state index contributed by atoms with van der Waals surface area (Å²) in [6.45, 7) is 0.709. The van der Waals surface area contributed by atoms with Gasteiger partial charge in [-0.1, -0.05) is 30.3 Å². The maximum Gasteiger partial charge on any atom is 0.232 e. The summed E-state index contributed by atoms with van der Waals surface area (Å²) in [6.07, 6.45) is 4.60. The van der Waals surface area contributed by atoms with Gasteiger partial charge < -0.3 is 9.80 Å². The summed E-state index contributed by atoms with van der Waals surface area (Å²) in [5.74, 6) is -0.0398. The minimum Gasteiger partial charge on any atom is -0.338 e. The zero-order valence-electron chi connectivity index (χ0n) is 14.3. The van der Waals surface area contributed by atoms with Gasteiger partial charge in [-0.15, -0.1) is 0 Å². The van der Waals surface area contributed by atoms with Crippen molar-refractivity contribution in [2.24, 2.45) is 5.92 Å². The van der Waals surface area contributed by atoms with E-state index in [4.69, 9.17) is 0 Å². The molecular weight excluding hydrogens is 316 g/mol. The van der Waals surface area contributed by atoms with Crippen LogP contribution in [0.1, 0.15) is 36.6 Å². The van der Waals surface area contributed by atoms with Gasteiger partial charge in [0.1, 0.15) is 0 Å². The Kier molecular flexibility index (Phi) is 4.03. The van der Waals surface area contributed by atoms with Crippen molar-refractivity contribution in [1.82, 2.24) is 15.1 Å². The fourth-order valence-corrected chi connectivity index (χ4v) is 4.09. The first-order valence-corrected chi connectivity index (χ1v) is 8.81. The lowest BCUT2D eigenvalue weighted by atomic mass is 9.83. The van der Waals surface area contributed by atoms with Gasteiger partial charge in [0.2, 0.25) is 11.8 Å². The molecule has 1 N–H and O–H groups in total. The van der Waals surface area contributed by atoms with E-state index in [1.54, 1.807) is 18.1 Å². The van der Waals surface area contributed by atoms with Crippen LogP contribution < -0.4 is 4.90 Å². The third-order valence-corrected chi connectivity index (χ3v) is 5.38. The van der Waals surface area contributed by atoms with Crippen molar-refractivity contribution in [1.29, 1.82) is 0 Å². The zero-order chi connectivity index (χ0) is 17.4. The molecular formula is C19H22N4O2. The van der Waals surface area contributed by atoms with Gasteiger partial charge in [-0.2, -0.15) is 5.10 Å². The molecule has 130 valence electrons. The topological polar surface area (TPSA) is 69.3 Å². The minimum atomic E-state index is -0.231. The number of aryl methyl sites for hydroxylation is 1. The molecule has 1 fully saturated rings. The van der Waals surface area contributed by atoms with Gasteiger partial charge in [0.25, 0.3) is 0 Å². The number of rotatable bonds is 2. The number of fused-ring (bicyclic) bond motifs is 1. The molecule has 0 radical (unpaired) electrons. The van der Waals surface area contributed by atoms with Crippen LogP contribution in [0.5, 0.6) is 0 Å². The van der Waals surface area contributed by atoms with Crippen LogP contribution in [0.15, 0.2) is 36.5 Å². The maximum atomic E-state index is 13.4. The van der Waals surface area contributed by atoms with Gasteiger partial charge >= 0.3 is 0 Å². The quantitative estimate of drug-likeness (QED) is 0.913. The van der Waals surface area contributed by atoms with E-state index in [2.05, 4.69) is 10.2 Å². The second kappa shape index (κ2) is 6.35. The van der Waals surface area contributed by atoms with Crippen molar-refractivity contribution in [3.05, 3.63) is 47.8 Å². The third kappa shape index (κ3) is 2.71. The van der Waals surface area contributed by atoms with Gasteiger partial charge in [-0.3, -0.25) is 14.7 Å². The Balaban J connectivity index is 1.68. The van der Waals surface area contributed by atoms with Crippen LogP contribution in [-0.2, 0) is 16.0 Å². The average Bonchev–Trinajstić information content (AvgIpc) is 3.12. The van der Waals surface area contributed by atoms with Crippen molar-refractivity contribution < 1.29 is 9.59 Å². The number of H-pyrrole nitrogens is 1. The van der Waals surface area contributed by atoms with E-state index in [1.807, 2.05) is 35.2 Å². The Labute approximate surface area is 146 Å². The van der Waals surface area contributed by atoms with Crippen LogP contribution in [0.25, 0.3) is 0 Å². The normalized spacial score (nSPS) is 23.5. The van der Waals surface area contributed by atoms with Gasteiger partial charge in [-0.05, 0) is 24.8 Å². The molecule has 2 aromatic rings. The molecule has 1 aromatic heterocycles. The molecule has 25 heavy (non-hydrogen) atoms. The summed E-state index contributed by atoms with van der Waals surface area (Å²) in [7, 11) is 1.80. The number of nitrogens with zero attached hydrogens (tertiary/aromatic N) is 3. The summed E-state index contributed by atoms with van der Waals surface area (Å²) >= 11 is 0. The van der Waals surface area contributed by atoms with E-state index in [0.717, 1.165) is 29.8 Å². The second-order valence-electron chi connectivity index (χ2n) is 6.83. The lowest BCUT2D eigenvalue weighted by Gasteiger charge is -2.41. The average molecular weight is 338 g/mol. The number of aromatic nitrogens is 2. The van der Waals surface area contributed by atoms with Crippen LogP contribution >= 0.6 is 0 Å². The predicted molar refractivity (Wildman–Crippen MR) is 93.9 cm³/mol. The first-order chi connectivity index (χ1) is 12.2. The second-order valence-corrected chi connectivity index (χ2v) is 6.83. The van der Waals surface area contributed by atoms with Gasteiger partial charge in [0.05, 0.1) is 29.5 Å². The number of benzene rings is 1. The Morgan fingerprint density at radius 1 is 1.24 bits per heavy atom. The number of piperidine rings is 1. The molecule has 0 bridgehead atoms. The highest BCUT2D eigenvalue weighted by Gasteiger charge is 2.41. The van der Waals surface area contributed by atoms with E-state index in [0.29, 0.717) is 19.4 Å². The number of amides is 2. The molecule has 2 aliphatic heterocycles. The van der Waals surface area contributed by atoms with Crippen LogP contribution in [0.2, 0.25) is 0 Å². The molecule has 0 saturated carbocycles. The largest absolute Gasteiger partial charge is 0.338 e. The van der Waals surface area contributed by atoms with Crippen LogP contribution in [0.3, 0.4) is 0 Å². The molecule has 2 amide bonds. The third-order valence-electron chi connectivity index (χ3n) is 5.38. The lowest BCUT2D eigenvalue weighted by molar-refractivity contribution is -0.140. The first kappa shape index (κ1) is 15.9. The van der Waals surface area contributed by atoms with Crippen molar-refractivity contribution in [2.45, 2.75) is 31.7 Å². The smallest absolute Gasteiger partial charge is 0.232 e. The molecule has 3 heterocycles. The predicted octanol–water partition coefficient (Wildman–Crippen LogP) is 2.30. The Bertz CT molecular complexity index is 786. The standard InChI is InChI=1S/C19H22N4O2/c1-22-17(24)10-9-14(18(22)13-6-3-2-4-7-13)19(25)23-11-5-8-15-16(23)12-20-21-15/h2-4,6-7,12,14,18H,5,8-11H2,1H3,(H,20,21)/t14-,18+/m1/s1. The first-order valence-electron chi connectivity index (χ1n) is 8.81. The molecule has 2 atom stereocenters. The number of nitrogens with one attached hydrogen (secondary N) is 1. The molecule has 4 rings (SSSR count). The summed E-state index contributed by atoms with van der Waals surface area (Å²) < 4.78 is 0. The SMILES string of the molecule is CN1C(=O)CC[C@@H](C(=O)N2CCCc3[nH]ncc32)[C@@H]1c1ccccc1. The van der Waals surface area contributed by atoms with Crippen LogP contribution in [0.4, 0.5) is 5.69 Å². The van der Waals surface area contributed by atoms with Crippen LogP contribution in [-0.4, -0.2) is 40.5 Å². The maximum absolute atomic E-state index is 13.4. The fraction of sp³-hybridized carbons (Fsp3) is 0.421. The van der Waals surface area contributed by atoms with Gasteiger partial charge in [-0.25, -0.2) is 0 Å². The van der Waals surface area contributed by atoms with Crippen molar-refractivity contribution >= 4 is 17.5 Å². The van der Waals surface area contributed by atoms with Gasteiger partial charge in [0, 0.05) is 20.0 Å². The molecule has 1 saturated heterocycles. The molecule has 0 aliphatic carbocycles. The zero-order valence-corrected chi connectivity index (χ0v) is 14.3. The fourth-order valence-electron chi connectivity index (χ4n) is 4.09. The van der Waals surface area contributed by atoms with Crippen LogP contribution in [0, 0.1) is 5.92 Å². The van der Waals surface area contributed by atoms with E-state index >= 15 is 0 Å². The Hall–Kier alpha value is -2.63. The molecule has 0 spiro atoms. The highest BCUT2D eigenvalue weighted by Crippen LogP contribution is 2.38.